The van der Waals surface area contributed by atoms with Crippen LogP contribution in [0, 0.1) is 0 Å². The first-order valence-corrected chi connectivity index (χ1v) is 12.1. The minimum atomic E-state index is -0.275. The molecule has 1 N–H and O–H groups in total. The predicted molar refractivity (Wildman–Crippen MR) is 122 cm³/mol. The lowest BCUT2D eigenvalue weighted by Crippen LogP contribution is -2.48. The van der Waals surface area contributed by atoms with Gasteiger partial charge in [-0.15, -0.1) is 0 Å². The normalized spacial score (nSPS) is 24.7. The molecule has 0 saturated carbocycles. The lowest BCUT2D eigenvalue weighted by molar-refractivity contribution is -0.142. The van der Waals surface area contributed by atoms with Crippen molar-refractivity contribution in [3.63, 3.8) is 0 Å². The van der Waals surface area contributed by atoms with E-state index in [1.54, 1.807) is 0 Å². The number of allylic oxidation sites excluding steroid dienone is 1. The number of aliphatic hydroxyl groups is 1. The van der Waals surface area contributed by atoms with Gasteiger partial charge in [0, 0.05) is 45.3 Å². The molecule has 31 heavy (non-hydrogen) atoms. The summed E-state index contributed by atoms with van der Waals surface area (Å²) in [5, 5.41) is 9.62. The number of aliphatic hydroxyl groups excluding tert-OH is 1. The summed E-state index contributed by atoms with van der Waals surface area (Å²) < 4.78 is 5.73. The van der Waals surface area contributed by atoms with E-state index in [0.29, 0.717) is 52.0 Å². The van der Waals surface area contributed by atoms with E-state index in [2.05, 4.69) is 13.8 Å². The Bertz CT molecular complexity index is 618. The van der Waals surface area contributed by atoms with Gasteiger partial charge in [0.05, 0.1) is 24.9 Å². The molecule has 3 rings (SSSR count). The first-order valence-electron chi connectivity index (χ1n) is 12.1. The lowest BCUT2D eigenvalue weighted by atomic mass is 10.1. The maximum atomic E-state index is 12.8. The van der Waals surface area contributed by atoms with E-state index in [1.165, 1.54) is 12.0 Å². The van der Waals surface area contributed by atoms with Crippen molar-refractivity contribution in [2.24, 2.45) is 0 Å². The molecule has 178 valence electrons. The third-order valence-corrected chi connectivity index (χ3v) is 6.09. The molecule has 2 fully saturated rings. The molecule has 2 saturated heterocycles. The molecule has 0 bridgehead atoms. The van der Waals surface area contributed by atoms with Crippen LogP contribution < -0.4 is 0 Å². The van der Waals surface area contributed by atoms with Crippen LogP contribution in [0.5, 0.6) is 0 Å². The maximum absolute atomic E-state index is 12.8. The quantitative estimate of drug-likeness (QED) is 0.716. The van der Waals surface area contributed by atoms with Crippen LogP contribution in [0.3, 0.4) is 0 Å². The van der Waals surface area contributed by atoms with Crippen LogP contribution in [0.4, 0.5) is 0 Å². The van der Waals surface area contributed by atoms with Gasteiger partial charge in [-0.25, -0.2) is 0 Å². The summed E-state index contributed by atoms with van der Waals surface area (Å²) in [6, 6.07) is 0. The van der Waals surface area contributed by atoms with E-state index in [1.807, 2.05) is 35.6 Å². The number of nitrogens with zero attached hydrogens (tertiary/aromatic N) is 3. The first-order chi connectivity index (χ1) is 14.7. The summed E-state index contributed by atoms with van der Waals surface area (Å²) in [4.78, 5) is 31.2. The minimum Gasteiger partial charge on any atom is -0.393 e. The van der Waals surface area contributed by atoms with Crippen LogP contribution >= 0.6 is 0 Å². The van der Waals surface area contributed by atoms with Crippen LogP contribution in [0.2, 0.25) is 0 Å². The van der Waals surface area contributed by atoms with Crippen LogP contribution in [-0.4, -0.2) is 89.7 Å². The topological polar surface area (TPSA) is 73.3 Å². The summed E-state index contributed by atoms with van der Waals surface area (Å²) in [5.74, 6) is 0.274. The third kappa shape index (κ3) is 7.79. The van der Waals surface area contributed by atoms with Crippen molar-refractivity contribution in [2.45, 2.75) is 91.0 Å². The molecule has 0 aromatic carbocycles. The van der Waals surface area contributed by atoms with E-state index >= 15 is 0 Å². The largest absolute Gasteiger partial charge is 0.393 e. The van der Waals surface area contributed by atoms with Gasteiger partial charge in [-0.3, -0.25) is 9.59 Å². The number of rotatable bonds is 5. The Kier molecular flexibility index (Phi) is 10.3. The van der Waals surface area contributed by atoms with E-state index in [0.717, 1.165) is 25.0 Å². The molecule has 0 spiro atoms. The maximum Gasteiger partial charge on any atom is 0.242 e. The highest BCUT2D eigenvalue weighted by atomic mass is 16.5. The Morgan fingerprint density at radius 2 is 1.61 bits per heavy atom. The predicted octanol–water partition coefficient (Wildman–Crippen LogP) is 2.78. The number of carbonyl (C=O) groups is 2. The SMILES string of the molecule is CC1CN(C(=O)CC2=C(N(C)CC(=O)N3CCC(O)CC3)CCC2)CC(C)O1.CCC. The molecule has 3 aliphatic rings. The molecule has 1 aliphatic carbocycles. The number of carbonyl (C=O) groups excluding carboxylic acids is 2. The van der Waals surface area contributed by atoms with Crippen LogP contribution in [-0.2, 0) is 14.3 Å². The number of hydrogen-bond acceptors (Lipinski definition) is 5. The van der Waals surface area contributed by atoms with Crippen LogP contribution in [0.25, 0.3) is 0 Å². The fourth-order valence-electron chi connectivity index (χ4n) is 4.63. The van der Waals surface area contributed by atoms with Crippen molar-refractivity contribution in [1.82, 2.24) is 14.7 Å². The van der Waals surface area contributed by atoms with Crippen molar-refractivity contribution in [1.29, 1.82) is 0 Å². The molecule has 2 heterocycles. The molecule has 2 aliphatic heterocycles. The van der Waals surface area contributed by atoms with E-state index in [9.17, 15) is 14.7 Å². The Balaban J connectivity index is 0.00000107. The van der Waals surface area contributed by atoms with Gasteiger partial charge in [0.25, 0.3) is 0 Å². The van der Waals surface area contributed by atoms with E-state index in [-0.39, 0.29) is 30.1 Å². The number of likely N-dealkylation sites (tertiary alicyclic amines) is 1. The molecule has 2 atom stereocenters. The summed E-state index contributed by atoms with van der Waals surface area (Å²) >= 11 is 0. The summed E-state index contributed by atoms with van der Waals surface area (Å²) in [6.07, 6.45) is 5.81. The molecule has 7 nitrogen and oxygen atoms in total. The zero-order valence-electron chi connectivity index (χ0n) is 20.2. The number of likely N-dealkylation sites (N-methyl/N-ethyl adjacent to an activating group) is 1. The monoisotopic (exact) mass is 437 g/mol. The van der Waals surface area contributed by atoms with E-state index < -0.39 is 0 Å². The van der Waals surface area contributed by atoms with E-state index in [4.69, 9.17) is 4.74 Å². The Hall–Kier alpha value is -1.60. The number of hydrogen-bond donors (Lipinski definition) is 1. The van der Waals surface area contributed by atoms with Crippen molar-refractivity contribution >= 4 is 11.8 Å². The molecule has 2 unspecified atom stereocenters. The number of morpholine rings is 1. The van der Waals surface area contributed by atoms with Gasteiger partial charge in [0.1, 0.15) is 0 Å². The summed E-state index contributed by atoms with van der Waals surface area (Å²) in [6.45, 7) is 11.2. The molecule has 0 aromatic rings. The molecular weight excluding hydrogens is 394 g/mol. The summed E-state index contributed by atoms with van der Waals surface area (Å²) in [5.41, 5.74) is 2.34. The number of amides is 2. The van der Waals surface area contributed by atoms with Crippen molar-refractivity contribution in [3.05, 3.63) is 11.3 Å². The summed E-state index contributed by atoms with van der Waals surface area (Å²) in [7, 11) is 1.96. The zero-order valence-corrected chi connectivity index (χ0v) is 20.2. The second-order valence-corrected chi connectivity index (χ2v) is 9.31. The second kappa shape index (κ2) is 12.4. The standard InChI is InChI=1S/C21H35N3O4.C3H8/c1-15-12-24(13-16(2)28-15)20(26)11-17-5-4-6-19(17)22(3)14-21(27)23-9-7-18(25)8-10-23;1-3-2/h15-16,18,25H,4-14H2,1-3H3;3H2,1-2H3. The van der Waals surface area contributed by atoms with Crippen molar-refractivity contribution < 1.29 is 19.4 Å². The fraction of sp³-hybridized carbons (Fsp3) is 0.833. The number of ether oxygens (including phenoxy) is 1. The fourth-order valence-corrected chi connectivity index (χ4v) is 4.63. The lowest BCUT2D eigenvalue weighted by Gasteiger charge is -2.35. The Morgan fingerprint density at radius 1 is 1.03 bits per heavy atom. The van der Waals surface area contributed by atoms with Gasteiger partial charge in [-0.1, -0.05) is 20.3 Å². The first kappa shape index (κ1) is 25.7. The average molecular weight is 438 g/mol. The average Bonchev–Trinajstić information content (AvgIpc) is 3.16. The van der Waals surface area contributed by atoms with Gasteiger partial charge in [-0.05, 0) is 51.5 Å². The van der Waals surface area contributed by atoms with Gasteiger partial charge in [-0.2, -0.15) is 0 Å². The third-order valence-electron chi connectivity index (χ3n) is 6.09. The van der Waals surface area contributed by atoms with Crippen molar-refractivity contribution in [2.75, 3.05) is 39.8 Å². The van der Waals surface area contributed by atoms with Gasteiger partial charge in [0.15, 0.2) is 0 Å². The zero-order chi connectivity index (χ0) is 23.0. The molecule has 0 radical (unpaired) electrons. The van der Waals surface area contributed by atoms with Gasteiger partial charge in [0.2, 0.25) is 11.8 Å². The number of piperidine rings is 1. The molecular formula is C24H43N3O4. The minimum absolute atomic E-state index is 0.0769. The Morgan fingerprint density at radius 3 is 2.19 bits per heavy atom. The smallest absolute Gasteiger partial charge is 0.242 e. The molecule has 0 aromatic heterocycles. The highest BCUT2D eigenvalue weighted by Gasteiger charge is 2.29. The highest BCUT2D eigenvalue weighted by molar-refractivity contribution is 5.80. The van der Waals surface area contributed by atoms with Crippen LogP contribution in [0.1, 0.15) is 72.6 Å². The van der Waals surface area contributed by atoms with Gasteiger partial charge < -0.3 is 24.5 Å². The second-order valence-electron chi connectivity index (χ2n) is 9.31. The Labute approximate surface area is 188 Å². The molecule has 7 heteroatoms. The van der Waals surface area contributed by atoms with Gasteiger partial charge >= 0.3 is 0 Å². The van der Waals surface area contributed by atoms with Crippen molar-refractivity contribution in [3.8, 4) is 0 Å². The highest BCUT2D eigenvalue weighted by Crippen LogP contribution is 2.31. The molecule has 2 amide bonds. The van der Waals surface area contributed by atoms with Crippen LogP contribution in [0.15, 0.2) is 11.3 Å².